The molecule has 0 unspecified atom stereocenters. The first-order valence-electron chi connectivity index (χ1n) is 5.33. The summed E-state index contributed by atoms with van der Waals surface area (Å²) in [6.45, 7) is 0. The lowest BCUT2D eigenvalue weighted by molar-refractivity contribution is -0.138. The Labute approximate surface area is 123 Å². The molecule has 0 saturated heterocycles. The van der Waals surface area contributed by atoms with E-state index in [-0.39, 0.29) is 11.3 Å². The Morgan fingerprint density at radius 2 is 1.77 bits per heavy atom. The molecule has 2 amide bonds. The second kappa shape index (κ2) is 6.37. The van der Waals surface area contributed by atoms with Gasteiger partial charge in [-0.2, -0.15) is 26.3 Å². The normalized spacial score (nSPS) is 13.0. The van der Waals surface area contributed by atoms with E-state index in [1.54, 1.807) is 5.32 Å². The molecule has 2 N–H and O–H groups in total. The second-order valence-electron chi connectivity index (χ2n) is 3.99. The molecule has 124 valence electrons. The minimum absolute atomic E-state index is 0.0137. The Bertz CT molecular complexity index is 564. The first-order valence-corrected chi connectivity index (χ1v) is 6.15. The van der Waals surface area contributed by atoms with Crippen molar-refractivity contribution in [2.75, 3.05) is 19.4 Å². The van der Waals surface area contributed by atoms with Crippen LogP contribution < -0.4 is 10.6 Å². The summed E-state index contributed by atoms with van der Waals surface area (Å²) in [6.07, 6.45) is -9.00. The lowest BCUT2D eigenvalue weighted by Crippen LogP contribution is -2.35. The van der Waals surface area contributed by atoms with Gasteiger partial charge in [0.2, 0.25) is 10.1 Å². The number of halogens is 6. The SMILES string of the molecule is CN(C)C=C(NC(=O)Nc1nnc(C(F)(F)F)s1)C(F)(F)F. The van der Waals surface area contributed by atoms with E-state index in [0.717, 1.165) is 4.90 Å². The molecule has 22 heavy (non-hydrogen) atoms. The van der Waals surface area contributed by atoms with E-state index in [2.05, 4.69) is 10.2 Å². The van der Waals surface area contributed by atoms with Crippen molar-refractivity contribution in [1.29, 1.82) is 0 Å². The Morgan fingerprint density at radius 3 is 2.18 bits per heavy atom. The fourth-order valence-corrected chi connectivity index (χ4v) is 1.68. The van der Waals surface area contributed by atoms with Gasteiger partial charge in [-0.15, -0.1) is 10.2 Å². The van der Waals surface area contributed by atoms with Gasteiger partial charge < -0.3 is 10.2 Å². The van der Waals surface area contributed by atoms with Crippen molar-refractivity contribution >= 4 is 22.5 Å². The number of carbonyl (C=O) groups excluding carboxylic acids is 1. The van der Waals surface area contributed by atoms with E-state index >= 15 is 0 Å². The zero-order valence-electron chi connectivity index (χ0n) is 11.0. The number of nitrogens with one attached hydrogen (secondary N) is 2. The molecule has 1 aromatic heterocycles. The van der Waals surface area contributed by atoms with Gasteiger partial charge in [-0.25, -0.2) is 4.79 Å². The highest BCUT2D eigenvalue weighted by Gasteiger charge is 2.37. The molecule has 0 radical (unpaired) electrons. The summed E-state index contributed by atoms with van der Waals surface area (Å²) >= 11 is -0.0137. The van der Waals surface area contributed by atoms with Crippen LogP contribution >= 0.6 is 11.3 Å². The number of urea groups is 1. The highest BCUT2D eigenvalue weighted by atomic mass is 32.1. The Morgan fingerprint density at radius 1 is 1.18 bits per heavy atom. The molecular weight excluding hydrogens is 340 g/mol. The quantitative estimate of drug-likeness (QED) is 0.823. The van der Waals surface area contributed by atoms with Crippen LogP contribution in [0.2, 0.25) is 0 Å². The maximum Gasteiger partial charge on any atom is 0.445 e. The average Bonchev–Trinajstić information content (AvgIpc) is 2.74. The van der Waals surface area contributed by atoms with Gasteiger partial charge in [0.1, 0.15) is 5.70 Å². The van der Waals surface area contributed by atoms with Crippen molar-refractivity contribution in [2.24, 2.45) is 0 Å². The molecular formula is C9H9F6N5OS. The predicted octanol–water partition coefficient (Wildman–Crippen LogP) is 2.64. The number of alkyl halides is 6. The topological polar surface area (TPSA) is 70.2 Å². The molecule has 1 rings (SSSR count). The predicted molar refractivity (Wildman–Crippen MR) is 64.9 cm³/mol. The van der Waals surface area contributed by atoms with E-state index in [0.29, 0.717) is 6.20 Å². The van der Waals surface area contributed by atoms with Gasteiger partial charge in [0.25, 0.3) is 0 Å². The van der Waals surface area contributed by atoms with Crippen molar-refractivity contribution in [2.45, 2.75) is 12.4 Å². The molecule has 0 atom stereocenters. The maximum atomic E-state index is 12.6. The number of aromatic nitrogens is 2. The Hall–Kier alpha value is -2.05. The number of anilines is 1. The van der Waals surface area contributed by atoms with Crippen LogP contribution in [0.5, 0.6) is 0 Å². The molecule has 13 heteroatoms. The maximum absolute atomic E-state index is 12.6. The van der Waals surface area contributed by atoms with Gasteiger partial charge in [0.15, 0.2) is 0 Å². The van der Waals surface area contributed by atoms with Crippen LogP contribution in [0.4, 0.5) is 36.3 Å². The lowest BCUT2D eigenvalue weighted by atomic mass is 10.4. The molecule has 1 aromatic rings. The smallest absolute Gasteiger partial charge is 0.382 e. The molecule has 0 saturated carbocycles. The number of hydrogen-bond donors (Lipinski definition) is 2. The van der Waals surface area contributed by atoms with Crippen LogP contribution in [-0.4, -0.2) is 41.4 Å². The molecule has 0 aliphatic rings. The van der Waals surface area contributed by atoms with Crippen molar-refractivity contribution in [3.63, 3.8) is 0 Å². The number of carbonyl (C=O) groups is 1. The summed E-state index contributed by atoms with van der Waals surface area (Å²) in [5.74, 6) is 0. The third-order valence-electron chi connectivity index (χ3n) is 1.83. The van der Waals surface area contributed by atoms with E-state index in [4.69, 9.17) is 0 Å². The molecule has 0 fully saturated rings. The van der Waals surface area contributed by atoms with Crippen LogP contribution in [0.15, 0.2) is 11.9 Å². The average molecular weight is 349 g/mol. The van der Waals surface area contributed by atoms with Gasteiger partial charge in [-0.1, -0.05) is 11.3 Å². The van der Waals surface area contributed by atoms with Gasteiger partial charge >= 0.3 is 18.4 Å². The number of allylic oxidation sites excluding steroid dienone is 1. The van der Waals surface area contributed by atoms with Gasteiger partial charge in [-0.05, 0) is 0 Å². The van der Waals surface area contributed by atoms with E-state index in [1.807, 2.05) is 0 Å². The fraction of sp³-hybridized carbons (Fsp3) is 0.444. The summed E-state index contributed by atoms with van der Waals surface area (Å²) in [6, 6.07) is -1.39. The number of rotatable bonds is 3. The monoisotopic (exact) mass is 349 g/mol. The molecule has 0 aliphatic carbocycles. The summed E-state index contributed by atoms with van der Waals surface area (Å²) in [5.41, 5.74) is -1.39. The van der Waals surface area contributed by atoms with Crippen LogP contribution in [0.25, 0.3) is 0 Å². The standard InChI is InChI=1S/C9H9F6N5OS/c1-20(2)3-4(8(10,11)12)16-6(21)17-7-19-18-5(22-7)9(13,14)15/h3H,1-2H3,(H2,16,17,19,21). The molecule has 6 nitrogen and oxygen atoms in total. The molecule has 0 aromatic carbocycles. The van der Waals surface area contributed by atoms with Crippen molar-refractivity contribution in [3.05, 3.63) is 16.9 Å². The second-order valence-corrected chi connectivity index (χ2v) is 4.97. The summed E-state index contributed by atoms with van der Waals surface area (Å²) < 4.78 is 74.7. The Kier molecular flexibility index (Phi) is 5.22. The van der Waals surface area contributed by atoms with Crippen molar-refractivity contribution in [1.82, 2.24) is 20.4 Å². The van der Waals surface area contributed by atoms with Crippen molar-refractivity contribution in [3.8, 4) is 0 Å². The first kappa shape index (κ1) is 18.0. The largest absolute Gasteiger partial charge is 0.445 e. The third-order valence-corrected chi connectivity index (χ3v) is 2.71. The number of hydrogen-bond acceptors (Lipinski definition) is 5. The minimum atomic E-state index is -4.85. The minimum Gasteiger partial charge on any atom is -0.382 e. The summed E-state index contributed by atoms with van der Waals surface area (Å²) in [7, 11) is 2.59. The van der Waals surface area contributed by atoms with Crippen LogP contribution in [-0.2, 0) is 6.18 Å². The molecule has 0 bridgehead atoms. The van der Waals surface area contributed by atoms with Crippen molar-refractivity contribution < 1.29 is 31.1 Å². The zero-order valence-corrected chi connectivity index (χ0v) is 11.8. The Balaban J connectivity index is 2.79. The summed E-state index contributed by atoms with van der Waals surface area (Å²) in [4.78, 5) is 12.4. The lowest BCUT2D eigenvalue weighted by Gasteiger charge is -2.15. The zero-order chi connectivity index (χ0) is 17.1. The van der Waals surface area contributed by atoms with E-state index in [9.17, 15) is 31.1 Å². The summed E-state index contributed by atoms with van der Waals surface area (Å²) in [5, 5.41) is 7.11. The first-order chi connectivity index (χ1) is 9.89. The molecule has 0 spiro atoms. The highest BCUT2D eigenvalue weighted by Crippen LogP contribution is 2.33. The van der Waals surface area contributed by atoms with E-state index < -0.39 is 34.2 Å². The molecule has 0 aliphatic heterocycles. The highest BCUT2D eigenvalue weighted by molar-refractivity contribution is 7.15. The number of amides is 2. The van der Waals surface area contributed by atoms with Gasteiger partial charge in [-0.3, -0.25) is 5.32 Å². The fourth-order valence-electron chi connectivity index (χ4n) is 1.07. The third kappa shape index (κ3) is 5.38. The van der Waals surface area contributed by atoms with E-state index in [1.165, 1.54) is 19.4 Å². The van der Waals surface area contributed by atoms with Crippen LogP contribution in [0.1, 0.15) is 5.01 Å². The van der Waals surface area contributed by atoms with Gasteiger partial charge in [0, 0.05) is 20.3 Å². The van der Waals surface area contributed by atoms with Gasteiger partial charge in [0.05, 0.1) is 0 Å². The van der Waals surface area contributed by atoms with Crippen LogP contribution in [0.3, 0.4) is 0 Å². The van der Waals surface area contributed by atoms with Crippen LogP contribution in [0, 0.1) is 0 Å². The molecule has 1 heterocycles. The number of nitrogens with zero attached hydrogens (tertiary/aromatic N) is 3.